The van der Waals surface area contributed by atoms with E-state index in [1.807, 2.05) is 12.1 Å². The van der Waals surface area contributed by atoms with Crippen LogP contribution in [-0.2, 0) is 17.8 Å². The number of amides is 1. The maximum atomic E-state index is 12.8. The van der Waals surface area contributed by atoms with Crippen LogP contribution >= 0.6 is 0 Å². The second-order valence-electron chi connectivity index (χ2n) is 7.88. The Balaban J connectivity index is 1.39. The van der Waals surface area contributed by atoms with Crippen molar-refractivity contribution in [2.24, 2.45) is 5.92 Å². The molecule has 3 aromatic heterocycles. The van der Waals surface area contributed by atoms with Gasteiger partial charge in [0.25, 0.3) is 0 Å². The predicted octanol–water partition coefficient (Wildman–Crippen LogP) is 2.80. The minimum absolute atomic E-state index is 0.0358. The van der Waals surface area contributed by atoms with Gasteiger partial charge in [-0.15, -0.1) is 0 Å². The van der Waals surface area contributed by atoms with E-state index in [4.69, 9.17) is 4.98 Å². The molecule has 2 aliphatic rings. The Morgan fingerprint density at radius 2 is 2.10 bits per heavy atom. The van der Waals surface area contributed by atoms with E-state index in [2.05, 4.69) is 29.7 Å². The van der Waals surface area contributed by atoms with E-state index in [1.165, 1.54) is 12.8 Å². The molecule has 150 valence electrons. The lowest BCUT2D eigenvalue weighted by Crippen LogP contribution is -2.41. The number of rotatable bonds is 3. The molecule has 29 heavy (non-hydrogen) atoms. The first kappa shape index (κ1) is 18.0. The molecule has 1 saturated heterocycles. The first-order chi connectivity index (χ1) is 14.3. The Hall–Kier alpha value is -3.03. The Morgan fingerprint density at radius 1 is 1.14 bits per heavy atom. The Labute approximate surface area is 169 Å². The molecule has 0 radical (unpaired) electrons. The fourth-order valence-electron chi connectivity index (χ4n) is 4.42. The zero-order valence-electron chi connectivity index (χ0n) is 16.4. The lowest BCUT2D eigenvalue weighted by molar-refractivity contribution is -0.120. The number of hydrogen-bond acceptors (Lipinski definition) is 6. The number of imidazole rings is 1. The monoisotopic (exact) mass is 391 g/mol. The van der Waals surface area contributed by atoms with Gasteiger partial charge in [-0.25, -0.2) is 15.0 Å². The lowest BCUT2D eigenvalue weighted by Gasteiger charge is -2.32. The summed E-state index contributed by atoms with van der Waals surface area (Å²) in [7, 11) is 0. The molecule has 8 nitrogen and oxygen atoms in total. The number of anilines is 2. The van der Waals surface area contributed by atoms with E-state index in [1.54, 1.807) is 18.7 Å². The molecule has 0 spiro atoms. The Morgan fingerprint density at radius 3 is 3.00 bits per heavy atom. The molecule has 3 aromatic rings. The molecule has 0 unspecified atom stereocenters. The first-order valence-corrected chi connectivity index (χ1v) is 10.5. The van der Waals surface area contributed by atoms with E-state index in [0.717, 1.165) is 67.3 Å². The Bertz CT molecular complexity index is 1020. The van der Waals surface area contributed by atoms with Crippen molar-refractivity contribution < 1.29 is 4.79 Å². The third kappa shape index (κ3) is 3.54. The summed E-state index contributed by atoms with van der Waals surface area (Å²) in [5.74, 6) is 1.92. The van der Waals surface area contributed by atoms with Gasteiger partial charge in [-0.05, 0) is 37.8 Å². The van der Waals surface area contributed by atoms with E-state index in [0.29, 0.717) is 6.54 Å². The zero-order valence-corrected chi connectivity index (χ0v) is 16.4. The summed E-state index contributed by atoms with van der Waals surface area (Å²) in [5.41, 5.74) is 2.53. The smallest absolute Gasteiger partial charge is 0.229 e. The second-order valence-corrected chi connectivity index (χ2v) is 7.88. The van der Waals surface area contributed by atoms with Crippen molar-refractivity contribution in [3.05, 3.63) is 36.7 Å². The number of hydrogen-bond donors (Lipinski definition) is 1. The van der Waals surface area contributed by atoms with Gasteiger partial charge in [-0.1, -0.05) is 6.42 Å². The lowest BCUT2D eigenvalue weighted by atomic mass is 9.97. The van der Waals surface area contributed by atoms with Crippen molar-refractivity contribution in [2.75, 3.05) is 23.3 Å². The normalized spacial score (nSPS) is 19.6. The topological polar surface area (TPSA) is 88.8 Å². The zero-order chi connectivity index (χ0) is 19.6. The van der Waals surface area contributed by atoms with Gasteiger partial charge in [0.15, 0.2) is 17.0 Å². The minimum Gasteiger partial charge on any atom is -0.354 e. The summed E-state index contributed by atoms with van der Waals surface area (Å²) in [5, 5.41) is 2.99. The highest BCUT2D eigenvalue weighted by Crippen LogP contribution is 2.29. The second kappa shape index (κ2) is 7.77. The van der Waals surface area contributed by atoms with E-state index in [-0.39, 0.29) is 11.8 Å². The molecule has 0 bridgehead atoms. The molecule has 0 aromatic carbocycles. The molecule has 1 amide bonds. The fourth-order valence-corrected chi connectivity index (χ4v) is 4.42. The maximum absolute atomic E-state index is 12.8. The summed E-state index contributed by atoms with van der Waals surface area (Å²) in [6.45, 7) is 2.49. The molecular weight excluding hydrogens is 366 g/mol. The molecular formula is C21H25N7O. The van der Waals surface area contributed by atoms with Crippen LogP contribution in [0.2, 0.25) is 0 Å². The molecule has 1 N–H and O–H groups in total. The highest BCUT2D eigenvalue weighted by Gasteiger charge is 2.29. The van der Waals surface area contributed by atoms with Crippen molar-refractivity contribution in [3.63, 3.8) is 0 Å². The average molecular weight is 391 g/mol. The van der Waals surface area contributed by atoms with E-state index in [9.17, 15) is 4.79 Å². The molecule has 5 heterocycles. The van der Waals surface area contributed by atoms with Crippen LogP contribution in [0.5, 0.6) is 0 Å². The van der Waals surface area contributed by atoms with Crippen molar-refractivity contribution in [1.82, 2.24) is 24.5 Å². The molecule has 8 heteroatoms. The molecule has 5 rings (SSSR count). The van der Waals surface area contributed by atoms with Crippen molar-refractivity contribution in [1.29, 1.82) is 0 Å². The summed E-state index contributed by atoms with van der Waals surface area (Å²) >= 11 is 0. The fraction of sp³-hybridized carbons (Fsp3) is 0.476. The van der Waals surface area contributed by atoms with E-state index >= 15 is 0 Å². The average Bonchev–Trinajstić information content (AvgIpc) is 2.95. The Kier molecular flexibility index (Phi) is 4.83. The quantitative estimate of drug-likeness (QED) is 0.739. The van der Waals surface area contributed by atoms with Crippen LogP contribution in [0.15, 0.2) is 30.9 Å². The number of nitrogens with zero attached hydrogens (tertiary/aromatic N) is 6. The molecule has 2 aliphatic heterocycles. The highest BCUT2D eigenvalue weighted by atomic mass is 16.1. The van der Waals surface area contributed by atoms with Crippen molar-refractivity contribution in [2.45, 2.75) is 45.1 Å². The van der Waals surface area contributed by atoms with Crippen molar-refractivity contribution >= 4 is 28.6 Å². The maximum Gasteiger partial charge on any atom is 0.229 e. The molecule has 0 aliphatic carbocycles. The van der Waals surface area contributed by atoms with Gasteiger partial charge in [0.1, 0.15) is 12.2 Å². The van der Waals surface area contributed by atoms with Crippen LogP contribution in [0.1, 0.15) is 37.9 Å². The van der Waals surface area contributed by atoms with Crippen LogP contribution in [0.4, 0.5) is 11.5 Å². The highest BCUT2D eigenvalue weighted by molar-refractivity contribution is 5.93. The third-order valence-electron chi connectivity index (χ3n) is 5.89. The van der Waals surface area contributed by atoms with Crippen LogP contribution in [0.3, 0.4) is 0 Å². The number of pyridine rings is 1. The number of carbonyl (C=O) groups excluding carboxylic acids is 1. The number of aryl methyl sites for hydroxylation is 2. The summed E-state index contributed by atoms with van der Waals surface area (Å²) < 4.78 is 2.25. The summed E-state index contributed by atoms with van der Waals surface area (Å²) in [6, 6.07) is 3.68. The van der Waals surface area contributed by atoms with Crippen LogP contribution < -0.4 is 10.2 Å². The molecule has 1 atom stereocenters. The van der Waals surface area contributed by atoms with Gasteiger partial charge in [-0.3, -0.25) is 9.78 Å². The largest absolute Gasteiger partial charge is 0.354 e. The molecule has 1 fully saturated rings. The SMILES string of the molecule is O=C(Nc1cccnc1)[C@H]1CCCN(c2ncnc3c2nc2n3CCCCC2)C1. The number of nitrogens with one attached hydrogen (secondary N) is 1. The number of carbonyl (C=O) groups is 1. The van der Waals surface area contributed by atoms with Crippen LogP contribution in [0.25, 0.3) is 11.2 Å². The summed E-state index contributed by atoms with van der Waals surface area (Å²) in [6.07, 6.45) is 11.4. The third-order valence-corrected chi connectivity index (χ3v) is 5.89. The van der Waals surface area contributed by atoms with Gasteiger partial charge in [0.05, 0.1) is 17.8 Å². The van der Waals surface area contributed by atoms with Crippen LogP contribution in [0, 0.1) is 5.92 Å². The first-order valence-electron chi connectivity index (χ1n) is 10.5. The predicted molar refractivity (Wildman–Crippen MR) is 111 cm³/mol. The standard InChI is InChI=1S/C21H25N7O/c29-21(25-16-7-4-9-22-12-16)15-6-5-10-27(13-15)19-18-20(24-14-23-19)28-11-3-1-2-8-17(28)26-18/h4,7,9,12,14-15H,1-3,5-6,8,10-11,13H2,(H,25,29)/t15-/m0/s1. The number of fused-ring (bicyclic) bond motifs is 3. The van der Waals surface area contributed by atoms with Gasteiger partial charge in [-0.2, -0.15) is 0 Å². The number of aromatic nitrogens is 5. The van der Waals surface area contributed by atoms with Gasteiger partial charge >= 0.3 is 0 Å². The number of piperidine rings is 1. The van der Waals surface area contributed by atoms with E-state index < -0.39 is 0 Å². The van der Waals surface area contributed by atoms with Gasteiger partial charge in [0, 0.05) is 32.3 Å². The van der Waals surface area contributed by atoms with Gasteiger partial charge < -0.3 is 14.8 Å². The molecule has 0 saturated carbocycles. The van der Waals surface area contributed by atoms with Gasteiger partial charge in [0.2, 0.25) is 5.91 Å². The van der Waals surface area contributed by atoms with Crippen molar-refractivity contribution in [3.8, 4) is 0 Å². The summed E-state index contributed by atoms with van der Waals surface area (Å²) in [4.78, 5) is 33.1. The minimum atomic E-state index is -0.0885. The van der Waals surface area contributed by atoms with Crippen LogP contribution in [-0.4, -0.2) is 43.5 Å².